The van der Waals surface area contributed by atoms with Crippen molar-refractivity contribution >= 4 is 13.5 Å². The minimum Gasteiger partial charge on any atom is -0.507 e. The molecule has 0 aromatic heterocycles. The van der Waals surface area contributed by atoms with E-state index in [0.717, 1.165) is 22.4 Å². The Labute approximate surface area is 231 Å². The third-order valence-electron chi connectivity index (χ3n) is 6.35. The lowest BCUT2D eigenvalue weighted by atomic mass is 9.78. The average Bonchev–Trinajstić information content (AvgIpc) is 3.34. The van der Waals surface area contributed by atoms with E-state index in [1.165, 1.54) is 0 Å². The fourth-order valence-electron chi connectivity index (χ4n) is 4.23. The van der Waals surface area contributed by atoms with Gasteiger partial charge in [0, 0.05) is 16.7 Å². The second kappa shape index (κ2) is 11.1. The predicted molar refractivity (Wildman–Crippen MR) is 154 cm³/mol. The van der Waals surface area contributed by atoms with Gasteiger partial charge in [-0.3, -0.25) is 14.8 Å². The Morgan fingerprint density at radius 3 is 1.74 bits per heavy atom. The van der Waals surface area contributed by atoms with Crippen molar-refractivity contribution < 1.29 is 28.1 Å². The van der Waals surface area contributed by atoms with Gasteiger partial charge in [0.1, 0.15) is 29.5 Å². The van der Waals surface area contributed by atoms with E-state index in [1.807, 2.05) is 30.3 Å². The highest BCUT2D eigenvalue weighted by Gasteiger charge is 2.38. The summed E-state index contributed by atoms with van der Waals surface area (Å²) in [5.41, 5.74) is 5.75. The van der Waals surface area contributed by atoms with Crippen molar-refractivity contribution in [1.82, 2.24) is 5.48 Å². The smallest absolute Gasteiger partial charge is 0.507 e. The quantitative estimate of drug-likeness (QED) is 0.275. The molecule has 0 radical (unpaired) electrons. The lowest BCUT2D eigenvalue weighted by molar-refractivity contribution is -0.0186. The maximum absolute atomic E-state index is 13.8. The van der Waals surface area contributed by atoms with Crippen LogP contribution in [-0.2, 0) is 24.8 Å². The highest BCUT2D eigenvalue weighted by molar-refractivity contribution is 7.49. The Balaban J connectivity index is 1.61. The SMILES string of the molecule is CC(OP(=O)(Oc1ccccc1)Oc1ccccc1)C1C=C(c2cc(C(C)(C)C)c(O)c(C(C)(C)C)c2)NO1. The van der Waals surface area contributed by atoms with Gasteiger partial charge < -0.3 is 14.2 Å². The molecule has 0 saturated carbocycles. The van der Waals surface area contributed by atoms with Crippen LogP contribution in [-0.4, -0.2) is 17.3 Å². The van der Waals surface area contributed by atoms with Crippen LogP contribution < -0.4 is 14.5 Å². The van der Waals surface area contributed by atoms with Gasteiger partial charge in [0.15, 0.2) is 0 Å². The van der Waals surface area contributed by atoms with Gasteiger partial charge in [0.2, 0.25) is 0 Å². The summed E-state index contributed by atoms with van der Waals surface area (Å²) in [6.45, 7) is 14.2. The first-order chi connectivity index (χ1) is 18.2. The molecule has 1 aliphatic heterocycles. The first-order valence-corrected chi connectivity index (χ1v) is 14.5. The van der Waals surface area contributed by atoms with E-state index in [2.05, 4.69) is 47.0 Å². The largest absolute Gasteiger partial charge is 0.587 e. The number of aromatic hydroxyl groups is 1. The zero-order chi connectivity index (χ0) is 28.4. The van der Waals surface area contributed by atoms with Crippen LogP contribution in [0.2, 0.25) is 0 Å². The molecule has 1 heterocycles. The summed E-state index contributed by atoms with van der Waals surface area (Å²) in [7, 11) is -4.10. The second-order valence-electron chi connectivity index (χ2n) is 11.8. The second-order valence-corrected chi connectivity index (χ2v) is 13.2. The fourth-order valence-corrected chi connectivity index (χ4v) is 5.64. The van der Waals surface area contributed by atoms with Gasteiger partial charge in [0.05, 0.1) is 5.70 Å². The van der Waals surface area contributed by atoms with Gasteiger partial charge in [0.25, 0.3) is 0 Å². The van der Waals surface area contributed by atoms with Crippen molar-refractivity contribution in [2.45, 2.75) is 71.5 Å². The van der Waals surface area contributed by atoms with Crippen LogP contribution in [0.1, 0.15) is 65.2 Å². The fraction of sp³-hybridized carbons (Fsp3) is 0.355. The number of phosphoric acid groups is 1. The molecule has 2 N–H and O–H groups in total. The minimum atomic E-state index is -4.10. The van der Waals surface area contributed by atoms with E-state index in [4.69, 9.17) is 18.4 Å². The zero-order valence-electron chi connectivity index (χ0n) is 23.6. The summed E-state index contributed by atoms with van der Waals surface area (Å²) in [6.07, 6.45) is 0.595. The van der Waals surface area contributed by atoms with Crippen LogP contribution in [0.3, 0.4) is 0 Å². The summed E-state index contributed by atoms with van der Waals surface area (Å²) in [5, 5.41) is 11.1. The Kier molecular flexibility index (Phi) is 8.17. The molecule has 2 unspecified atom stereocenters. The van der Waals surface area contributed by atoms with E-state index >= 15 is 0 Å². The van der Waals surface area contributed by atoms with Crippen molar-refractivity contribution in [2.24, 2.45) is 0 Å². The maximum atomic E-state index is 13.8. The summed E-state index contributed by atoms with van der Waals surface area (Å²) in [6, 6.07) is 21.5. The summed E-state index contributed by atoms with van der Waals surface area (Å²) in [5.74, 6) is 1.03. The number of phenols is 1. The predicted octanol–water partition coefficient (Wildman–Crippen LogP) is 7.90. The molecule has 0 spiro atoms. The number of hydroxylamine groups is 1. The van der Waals surface area contributed by atoms with Gasteiger partial charge in [-0.05, 0) is 60.2 Å². The number of benzene rings is 3. The number of rotatable bonds is 8. The van der Waals surface area contributed by atoms with Crippen molar-refractivity contribution in [3.05, 3.63) is 95.6 Å². The molecule has 0 fully saturated rings. The lowest BCUT2D eigenvalue weighted by Crippen LogP contribution is -2.27. The van der Waals surface area contributed by atoms with Crippen LogP contribution >= 0.6 is 7.82 Å². The zero-order valence-corrected chi connectivity index (χ0v) is 24.5. The molecule has 0 aliphatic carbocycles. The van der Waals surface area contributed by atoms with Crippen molar-refractivity contribution in [2.75, 3.05) is 0 Å². The van der Waals surface area contributed by atoms with Crippen LogP contribution in [0, 0.1) is 0 Å². The molecule has 39 heavy (non-hydrogen) atoms. The van der Waals surface area contributed by atoms with Gasteiger partial charge in [-0.15, -0.1) is 0 Å². The molecule has 3 aromatic rings. The third kappa shape index (κ3) is 7.04. The first-order valence-electron chi connectivity index (χ1n) is 13.0. The number of hydrogen-bond donors (Lipinski definition) is 2. The average molecular weight is 552 g/mol. The molecule has 7 nitrogen and oxygen atoms in total. The highest BCUT2D eigenvalue weighted by Crippen LogP contribution is 2.51. The standard InChI is InChI=1S/C31H38NO6P/c1-21(36-39(34,37-23-14-10-8-11-15-23)38-24-16-12-9-13-17-24)28-20-27(32-35-28)22-18-25(30(2,3)4)29(33)26(19-22)31(5,6)7/h8-21,28,32-33H,1-7H3. The van der Waals surface area contributed by atoms with Gasteiger partial charge in [-0.25, -0.2) is 4.57 Å². The van der Waals surface area contributed by atoms with E-state index in [9.17, 15) is 9.67 Å². The summed E-state index contributed by atoms with van der Waals surface area (Å²) >= 11 is 0. The number of para-hydroxylation sites is 2. The summed E-state index contributed by atoms with van der Waals surface area (Å²) < 4.78 is 31.3. The molecule has 3 aromatic carbocycles. The van der Waals surface area contributed by atoms with Crippen LogP contribution in [0.5, 0.6) is 17.2 Å². The maximum Gasteiger partial charge on any atom is 0.587 e. The highest BCUT2D eigenvalue weighted by atomic mass is 31.2. The Morgan fingerprint density at radius 1 is 0.846 bits per heavy atom. The van der Waals surface area contributed by atoms with E-state index in [0.29, 0.717) is 17.2 Å². The monoisotopic (exact) mass is 551 g/mol. The van der Waals surface area contributed by atoms with Crippen LogP contribution in [0.25, 0.3) is 5.70 Å². The van der Waals surface area contributed by atoms with Gasteiger partial charge in [-0.1, -0.05) is 77.9 Å². The molecule has 8 heteroatoms. The van der Waals surface area contributed by atoms with Crippen LogP contribution in [0.15, 0.2) is 78.9 Å². The molecular weight excluding hydrogens is 513 g/mol. The number of phosphoric ester groups is 1. The molecule has 0 bridgehead atoms. The van der Waals surface area contributed by atoms with E-state index < -0.39 is 20.0 Å². The Bertz CT molecular complexity index is 1280. The van der Waals surface area contributed by atoms with Crippen molar-refractivity contribution in [3.63, 3.8) is 0 Å². The lowest BCUT2D eigenvalue weighted by Gasteiger charge is -2.28. The first kappa shape index (κ1) is 28.8. The number of hydrogen-bond acceptors (Lipinski definition) is 7. The van der Waals surface area contributed by atoms with Gasteiger partial charge >= 0.3 is 7.82 Å². The normalized spacial score (nSPS) is 16.8. The summed E-state index contributed by atoms with van der Waals surface area (Å²) in [4.78, 5) is 5.85. The van der Waals surface area contributed by atoms with Crippen molar-refractivity contribution in [1.29, 1.82) is 0 Å². The number of phenolic OH excluding ortho intramolecular Hbond substituents is 1. The molecule has 0 amide bonds. The van der Waals surface area contributed by atoms with Gasteiger partial charge in [-0.2, -0.15) is 0 Å². The molecule has 2 atom stereocenters. The van der Waals surface area contributed by atoms with E-state index in [1.54, 1.807) is 55.5 Å². The molecule has 208 valence electrons. The molecule has 1 aliphatic rings. The third-order valence-corrected chi connectivity index (χ3v) is 7.81. The Morgan fingerprint density at radius 2 is 1.31 bits per heavy atom. The Hall–Kier alpha value is -3.25. The minimum absolute atomic E-state index is 0.272. The molecule has 4 rings (SSSR count). The number of nitrogens with one attached hydrogen (secondary N) is 1. The molecule has 0 saturated heterocycles. The topological polar surface area (TPSA) is 86.3 Å². The van der Waals surface area contributed by atoms with Crippen LogP contribution in [0.4, 0.5) is 0 Å². The van der Waals surface area contributed by atoms with Crippen molar-refractivity contribution in [3.8, 4) is 17.2 Å². The molecular formula is C31H38NO6P. The van der Waals surface area contributed by atoms with E-state index in [-0.39, 0.29) is 10.8 Å².